The number of amides is 2. The van der Waals surface area contributed by atoms with Gasteiger partial charge in [0.05, 0.1) is 4.47 Å². The van der Waals surface area contributed by atoms with Crippen molar-refractivity contribution >= 4 is 72.7 Å². The molecule has 0 fully saturated rings. The van der Waals surface area contributed by atoms with E-state index in [0.717, 1.165) is 16.7 Å². The molecule has 0 aliphatic heterocycles. The molecular formula is C27H22Br2ClN3O3. The maximum Gasteiger partial charge on any atom is 0.266 e. The number of nitrogens with zero attached hydrogens (tertiary/aromatic N) is 1. The van der Waals surface area contributed by atoms with Crippen molar-refractivity contribution in [2.75, 3.05) is 17.2 Å². The van der Waals surface area contributed by atoms with Crippen LogP contribution in [0.4, 0.5) is 11.4 Å². The van der Waals surface area contributed by atoms with E-state index in [1.54, 1.807) is 36.4 Å². The number of hydrogen-bond donors (Lipinski definition) is 2. The fourth-order valence-corrected chi connectivity index (χ4v) is 4.85. The molecular weight excluding hydrogens is 610 g/mol. The average molecular weight is 632 g/mol. The lowest BCUT2D eigenvalue weighted by molar-refractivity contribution is -0.118. The van der Waals surface area contributed by atoms with Crippen LogP contribution in [0.1, 0.15) is 22.3 Å². The van der Waals surface area contributed by atoms with E-state index in [9.17, 15) is 14.9 Å². The number of nitriles is 1. The molecule has 0 heterocycles. The van der Waals surface area contributed by atoms with Gasteiger partial charge < -0.3 is 15.4 Å². The summed E-state index contributed by atoms with van der Waals surface area (Å²) in [5.41, 5.74) is 4.33. The smallest absolute Gasteiger partial charge is 0.266 e. The van der Waals surface area contributed by atoms with Crippen molar-refractivity contribution in [2.45, 2.75) is 20.8 Å². The summed E-state index contributed by atoms with van der Waals surface area (Å²) in [5, 5.41) is 15.7. The lowest BCUT2D eigenvalue weighted by Gasteiger charge is -2.13. The van der Waals surface area contributed by atoms with Gasteiger partial charge in [0.1, 0.15) is 17.4 Å². The summed E-state index contributed by atoms with van der Waals surface area (Å²) < 4.78 is 7.02. The largest absolute Gasteiger partial charge is 0.482 e. The number of aryl methyl sites for hydroxylation is 3. The van der Waals surface area contributed by atoms with Crippen LogP contribution < -0.4 is 15.4 Å². The summed E-state index contributed by atoms with van der Waals surface area (Å²) in [6.45, 7) is 5.41. The van der Waals surface area contributed by atoms with E-state index >= 15 is 0 Å². The van der Waals surface area contributed by atoms with Gasteiger partial charge in [0, 0.05) is 26.4 Å². The van der Waals surface area contributed by atoms with E-state index < -0.39 is 11.8 Å². The molecule has 36 heavy (non-hydrogen) atoms. The molecule has 184 valence electrons. The molecule has 3 aromatic rings. The van der Waals surface area contributed by atoms with Gasteiger partial charge in [-0.15, -0.1) is 0 Å². The third kappa shape index (κ3) is 7.20. The van der Waals surface area contributed by atoms with E-state index in [-0.39, 0.29) is 12.2 Å². The fourth-order valence-electron chi connectivity index (χ4n) is 3.29. The minimum atomic E-state index is -0.555. The number of rotatable bonds is 7. The van der Waals surface area contributed by atoms with Crippen LogP contribution in [0, 0.1) is 32.1 Å². The molecule has 9 heteroatoms. The van der Waals surface area contributed by atoms with Gasteiger partial charge in [-0.2, -0.15) is 5.26 Å². The Morgan fingerprint density at radius 3 is 2.44 bits per heavy atom. The van der Waals surface area contributed by atoms with Crippen LogP contribution in [0.5, 0.6) is 5.75 Å². The summed E-state index contributed by atoms with van der Waals surface area (Å²) >= 11 is 13.0. The number of anilines is 2. The predicted octanol–water partition coefficient (Wildman–Crippen LogP) is 7.35. The molecule has 0 spiro atoms. The highest BCUT2D eigenvalue weighted by Crippen LogP contribution is 2.34. The third-order valence-corrected chi connectivity index (χ3v) is 6.59. The molecule has 2 amide bonds. The number of halogens is 3. The first-order valence-corrected chi connectivity index (χ1v) is 12.7. The van der Waals surface area contributed by atoms with Crippen molar-refractivity contribution in [3.05, 3.63) is 90.3 Å². The van der Waals surface area contributed by atoms with E-state index in [0.29, 0.717) is 36.7 Å². The predicted molar refractivity (Wildman–Crippen MR) is 150 cm³/mol. The van der Waals surface area contributed by atoms with Crippen LogP contribution in [0.25, 0.3) is 6.08 Å². The Kier molecular flexibility index (Phi) is 9.32. The highest BCUT2D eigenvalue weighted by molar-refractivity contribution is 9.11. The van der Waals surface area contributed by atoms with Crippen LogP contribution >= 0.6 is 43.5 Å². The maximum absolute atomic E-state index is 12.8. The summed E-state index contributed by atoms with van der Waals surface area (Å²) in [6.07, 6.45) is 1.42. The Labute approximate surface area is 231 Å². The maximum atomic E-state index is 12.8. The molecule has 3 rings (SSSR count). The number of carbonyl (C=O) groups is 2. The molecule has 3 aromatic carbocycles. The molecule has 2 N–H and O–H groups in total. The highest BCUT2D eigenvalue weighted by Gasteiger charge is 2.16. The van der Waals surface area contributed by atoms with Crippen LogP contribution in [0.2, 0.25) is 5.02 Å². The Hall–Kier alpha value is -3.12. The zero-order valence-corrected chi connectivity index (χ0v) is 23.6. The minimum absolute atomic E-state index is 0.122. The van der Waals surface area contributed by atoms with Gasteiger partial charge in [0.15, 0.2) is 6.61 Å². The first kappa shape index (κ1) is 27.5. The van der Waals surface area contributed by atoms with Crippen LogP contribution in [-0.4, -0.2) is 18.4 Å². The molecule has 0 aliphatic rings. The molecule has 0 saturated heterocycles. The number of ether oxygens (including phenoxy) is 1. The van der Waals surface area contributed by atoms with Crippen molar-refractivity contribution in [1.82, 2.24) is 0 Å². The first-order valence-electron chi connectivity index (χ1n) is 10.8. The van der Waals surface area contributed by atoms with Crippen LogP contribution in [0.15, 0.2) is 63.0 Å². The quantitative estimate of drug-likeness (QED) is 0.211. The monoisotopic (exact) mass is 629 g/mol. The Morgan fingerprint density at radius 2 is 1.78 bits per heavy atom. The standard InChI is InChI=1S/C27H22Br2ClN3O3/c1-15-4-7-24(17(3)8-15)33-27(35)19(13-31)9-18-10-20(28)11-22(29)26(18)36-14-25(34)32-21-6-5-16(2)23(30)12-21/h4-12H,14H2,1-3H3,(H,32,34)(H,33,35)/b19-9+. The van der Waals surface area contributed by atoms with E-state index in [1.165, 1.54) is 6.08 Å². The van der Waals surface area contributed by atoms with Crippen molar-refractivity contribution < 1.29 is 14.3 Å². The van der Waals surface area contributed by atoms with Crippen molar-refractivity contribution in [2.24, 2.45) is 0 Å². The second-order valence-corrected chi connectivity index (χ2v) is 10.2. The first-order chi connectivity index (χ1) is 17.1. The lowest BCUT2D eigenvalue weighted by atomic mass is 10.1. The topological polar surface area (TPSA) is 91.2 Å². The van der Waals surface area contributed by atoms with Gasteiger partial charge in [-0.3, -0.25) is 9.59 Å². The summed E-state index contributed by atoms with van der Waals surface area (Å²) in [4.78, 5) is 25.3. The number of carbonyl (C=O) groups excluding carboxylic acids is 2. The van der Waals surface area contributed by atoms with E-state index in [1.807, 2.05) is 39.0 Å². The number of hydrogen-bond acceptors (Lipinski definition) is 4. The normalized spacial score (nSPS) is 11.0. The zero-order chi connectivity index (χ0) is 26.4. The van der Waals surface area contributed by atoms with Crippen molar-refractivity contribution in [3.8, 4) is 11.8 Å². The number of benzene rings is 3. The fraction of sp³-hybridized carbons (Fsp3) is 0.148. The zero-order valence-electron chi connectivity index (χ0n) is 19.7. The SMILES string of the molecule is Cc1ccc(NC(=O)/C(C#N)=C/c2cc(Br)cc(Br)c2OCC(=O)Nc2ccc(C)c(Cl)c2)c(C)c1. The van der Waals surface area contributed by atoms with E-state index in [4.69, 9.17) is 16.3 Å². The molecule has 0 aromatic heterocycles. The minimum Gasteiger partial charge on any atom is -0.482 e. The van der Waals surface area contributed by atoms with Gasteiger partial charge in [-0.1, -0.05) is 51.3 Å². The molecule has 0 saturated carbocycles. The van der Waals surface area contributed by atoms with Gasteiger partial charge in [0.2, 0.25) is 0 Å². The Morgan fingerprint density at radius 1 is 1.03 bits per heavy atom. The van der Waals surface area contributed by atoms with Crippen molar-refractivity contribution in [1.29, 1.82) is 5.26 Å². The average Bonchev–Trinajstić information content (AvgIpc) is 2.80. The second kappa shape index (κ2) is 12.2. The Balaban J connectivity index is 1.81. The van der Waals surface area contributed by atoms with E-state index in [2.05, 4.69) is 42.5 Å². The molecule has 0 unspecified atom stereocenters. The van der Waals surface area contributed by atoms with Gasteiger partial charge in [0.25, 0.3) is 11.8 Å². The molecule has 6 nitrogen and oxygen atoms in total. The third-order valence-electron chi connectivity index (χ3n) is 5.14. The van der Waals surface area contributed by atoms with Gasteiger partial charge in [-0.25, -0.2) is 0 Å². The van der Waals surface area contributed by atoms with Gasteiger partial charge in [-0.05, 0) is 84.2 Å². The molecule has 0 radical (unpaired) electrons. The highest BCUT2D eigenvalue weighted by atomic mass is 79.9. The summed E-state index contributed by atoms with van der Waals surface area (Å²) in [5.74, 6) is -0.643. The van der Waals surface area contributed by atoms with Crippen molar-refractivity contribution in [3.63, 3.8) is 0 Å². The number of nitrogens with one attached hydrogen (secondary N) is 2. The van der Waals surface area contributed by atoms with Crippen LogP contribution in [0.3, 0.4) is 0 Å². The molecule has 0 aliphatic carbocycles. The molecule has 0 bridgehead atoms. The second-order valence-electron chi connectivity index (χ2n) is 8.05. The lowest BCUT2D eigenvalue weighted by Crippen LogP contribution is -2.20. The molecule has 0 atom stereocenters. The summed E-state index contributed by atoms with van der Waals surface area (Å²) in [7, 11) is 0. The van der Waals surface area contributed by atoms with Crippen LogP contribution in [-0.2, 0) is 9.59 Å². The Bertz CT molecular complexity index is 1410. The van der Waals surface area contributed by atoms with Gasteiger partial charge >= 0.3 is 0 Å². The summed E-state index contributed by atoms with van der Waals surface area (Å²) in [6, 6.07) is 16.2.